The summed E-state index contributed by atoms with van der Waals surface area (Å²) < 4.78 is 0. The second kappa shape index (κ2) is 6.36. The number of nitrogens with two attached hydrogens (primary N) is 1. The van der Waals surface area contributed by atoms with Gasteiger partial charge in [-0.3, -0.25) is 4.79 Å². The van der Waals surface area contributed by atoms with E-state index in [1.807, 2.05) is 24.3 Å². The highest BCUT2D eigenvalue weighted by Crippen LogP contribution is 2.23. The molecule has 0 atom stereocenters. The van der Waals surface area contributed by atoms with Gasteiger partial charge in [0.1, 0.15) is 5.82 Å². The largest absolute Gasteiger partial charge is 0.394 e. The van der Waals surface area contributed by atoms with Gasteiger partial charge in [-0.05, 0) is 42.0 Å². The Morgan fingerprint density at radius 3 is 2.70 bits per heavy atom. The summed E-state index contributed by atoms with van der Waals surface area (Å²) in [7, 11) is 0. The third-order valence-corrected chi connectivity index (χ3v) is 3.89. The number of amides is 1. The minimum absolute atomic E-state index is 0.0646. The van der Waals surface area contributed by atoms with E-state index in [2.05, 4.69) is 10.3 Å². The van der Waals surface area contributed by atoms with E-state index in [9.17, 15) is 4.79 Å². The fourth-order valence-corrected chi connectivity index (χ4v) is 2.56. The lowest BCUT2D eigenvalue weighted by atomic mass is 10.2. The molecular weight excluding hydrogens is 333 g/mol. The molecule has 23 heavy (non-hydrogen) atoms. The van der Waals surface area contributed by atoms with Crippen LogP contribution in [0.3, 0.4) is 0 Å². The van der Waals surface area contributed by atoms with Crippen molar-refractivity contribution in [3.05, 3.63) is 69.8 Å². The molecule has 116 valence electrons. The molecule has 0 aliphatic rings. The van der Waals surface area contributed by atoms with Gasteiger partial charge in [0.25, 0.3) is 5.91 Å². The lowest BCUT2D eigenvalue weighted by molar-refractivity contribution is -0.112. The summed E-state index contributed by atoms with van der Waals surface area (Å²) in [5.74, 6) is 0.130. The summed E-state index contributed by atoms with van der Waals surface area (Å²) in [6, 6.07) is 14.4. The normalized spacial score (nSPS) is 11.7. The Hall–Kier alpha value is -2.43. The molecule has 3 aromatic rings. The molecule has 0 radical (unpaired) electrons. The number of benzene rings is 2. The van der Waals surface area contributed by atoms with Crippen LogP contribution in [-0.4, -0.2) is 10.9 Å². The predicted octanol–water partition coefficient (Wildman–Crippen LogP) is 4.41. The summed E-state index contributed by atoms with van der Waals surface area (Å²) in [4.78, 5) is 15.3. The molecule has 0 saturated carbocycles. The highest BCUT2D eigenvalue weighted by atomic mass is 35.5. The molecule has 0 fully saturated rings. The topological polar surface area (TPSA) is 70.9 Å². The monoisotopic (exact) mass is 345 g/mol. The van der Waals surface area contributed by atoms with Gasteiger partial charge < -0.3 is 16.0 Å². The molecule has 3 rings (SSSR count). The highest BCUT2D eigenvalue weighted by Gasteiger charge is 2.09. The van der Waals surface area contributed by atoms with Gasteiger partial charge >= 0.3 is 0 Å². The summed E-state index contributed by atoms with van der Waals surface area (Å²) in [6.07, 6.45) is 1.54. The van der Waals surface area contributed by atoms with Crippen molar-refractivity contribution in [2.24, 2.45) is 5.73 Å². The molecule has 1 heterocycles. The van der Waals surface area contributed by atoms with Crippen LogP contribution in [0.1, 0.15) is 5.56 Å². The quantitative estimate of drug-likeness (QED) is 0.615. The average molecular weight is 346 g/mol. The molecule has 4 nitrogen and oxygen atoms in total. The average Bonchev–Trinajstić information content (AvgIpc) is 2.90. The third kappa shape index (κ3) is 3.50. The second-order valence-corrected chi connectivity index (χ2v) is 5.83. The van der Waals surface area contributed by atoms with Crippen molar-refractivity contribution in [1.82, 2.24) is 4.98 Å². The lowest BCUT2D eigenvalue weighted by Crippen LogP contribution is -2.20. The number of halogens is 2. The minimum Gasteiger partial charge on any atom is -0.394 e. The molecule has 2 aromatic carbocycles. The van der Waals surface area contributed by atoms with Gasteiger partial charge in [-0.1, -0.05) is 41.4 Å². The van der Waals surface area contributed by atoms with Crippen LogP contribution in [0.15, 0.2) is 54.2 Å². The fraction of sp³-hybridized carbons (Fsp3) is 0. The van der Waals surface area contributed by atoms with E-state index in [1.165, 1.54) is 6.08 Å². The minimum atomic E-state index is -0.414. The Morgan fingerprint density at radius 2 is 1.91 bits per heavy atom. The predicted molar refractivity (Wildman–Crippen MR) is 95.6 cm³/mol. The molecular formula is C17H13Cl2N3O. The van der Waals surface area contributed by atoms with Crippen molar-refractivity contribution in [3.63, 3.8) is 0 Å². The van der Waals surface area contributed by atoms with Crippen LogP contribution < -0.4 is 11.1 Å². The van der Waals surface area contributed by atoms with Gasteiger partial charge in [0.2, 0.25) is 0 Å². The molecule has 0 aliphatic carbocycles. The van der Waals surface area contributed by atoms with Crippen molar-refractivity contribution in [1.29, 1.82) is 0 Å². The Morgan fingerprint density at radius 1 is 1.13 bits per heavy atom. The van der Waals surface area contributed by atoms with Gasteiger partial charge in [0.05, 0.1) is 5.70 Å². The van der Waals surface area contributed by atoms with Crippen LogP contribution in [0.4, 0.5) is 5.82 Å². The first-order valence-corrected chi connectivity index (χ1v) is 7.60. The number of carbonyl (C=O) groups is 1. The summed E-state index contributed by atoms with van der Waals surface area (Å²) in [5, 5.41) is 4.78. The van der Waals surface area contributed by atoms with Gasteiger partial charge in [-0.15, -0.1) is 0 Å². The van der Waals surface area contributed by atoms with E-state index in [4.69, 9.17) is 28.9 Å². The summed E-state index contributed by atoms with van der Waals surface area (Å²) in [6.45, 7) is 0. The van der Waals surface area contributed by atoms with Crippen molar-refractivity contribution >= 4 is 51.9 Å². The van der Waals surface area contributed by atoms with Crippen LogP contribution in [0.25, 0.3) is 17.0 Å². The Kier molecular flexibility index (Phi) is 4.28. The zero-order valence-electron chi connectivity index (χ0n) is 11.9. The molecule has 6 heteroatoms. The summed E-state index contributed by atoms with van der Waals surface area (Å²) >= 11 is 12.0. The van der Waals surface area contributed by atoms with Crippen LogP contribution in [0, 0.1) is 0 Å². The number of aromatic amines is 1. The molecule has 1 aromatic heterocycles. The highest BCUT2D eigenvalue weighted by molar-refractivity contribution is 6.32. The molecule has 0 unspecified atom stereocenters. The number of aromatic nitrogens is 1. The Bertz CT molecular complexity index is 915. The maximum Gasteiger partial charge on any atom is 0.272 e. The first kappa shape index (κ1) is 15.5. The maximum absolute atomic E-state index is 12.2. The van der Waals surface area contributed by atoms with E-state index in [-0.39, 0.29) is 5.70 Å². The van der Waals surface area contributed by atoms with Crippen molar-refractivity contribution < 1.29 is 4.79 Å². The number of nitrogens with one attached hydrogen (secondary N) is 2. The number of anilines is 1. The number of rotatable bonds is 3. The van der Waals surface area contributed by atoms with E-state index >= 15 is 0 Å². The van der Waals surface area contributed by atoms with E-state index in [1.54, 1.807) is 24.3 Å². The van der Waals surface area contributed by atoms with Crippen molar-refractivity contribution in [2.45, 2.75) is 0 Å². The molecule has 0 spiro atoms. The summed E-state index contributed by atoms with van der Waals surface area (Å²) in [5.41, 5.74) is 7.46. The van der Waals surface area contributed by atoms with Gasteiger partial charge in [-0.2, -0.15) is 0 Å². The van der Waals surface area contributed by atoms with Crippen LogP contribution in [-0.2, 0) is 4.79 Å². The lowest BCUT2D eigenvalue weighted by Gasteiger charge is -2.04. The molecule has 0 bridgehead atoms. The van der Waals surface area contributed by atoms with Crippen LogP contribution in [0.5, 0.6) is 0 Å². The molecule has 0 saturated heterocycles. The first-order chi connectivity index (χ1) is 11.0. The number of hydrogen-bond acceptors (Lipinski definition) is 2. The number of hydrogen-bond donors (Lipinski definition) is 3. The standard InChI is InChI=1S/C17H13Cl2N3O/c18-12-5-6-15-11(7-12)9-16(21-15)22-17(23)14(20)8-10-3-1-2-4-13(10)19/h1-9,21H,20H2,(H,22,23). The Balaban J connectivity index is 1.81. The second-order valence-electron chi connectivity index (χ2n) is 4.99. The smallest absolute Gasteiger partial charge is 0.272 e. The first-order valence-electron chi connectivity index (χ1n) is 6.84. The SMILES string of the molecule is NC(=Cc1ccccc1Cl)C(=O)Nc1cc2cc(Cl)ccc2[nH]1. The fourth-order valence-electron chi connectivity index (χ4n) is 2.19. The number of fused-ring (bicyclic) bond motifs is 1. The van der Waals surface area contributed by atoms with Crippen LogP contribution >= 0.6 is 23.2 Å². The van der Waals surface area contributed by atoms with Gasteiger partial charge in [-0.25, -0.2) is 0 Å². The number of carbonyl (C=O) groups excluding carboxylic acids is 1. The zero-order valence-corrected chi connectivity index (χ0v) is 13.4. The third-order valence-electron chi connectivity index (χ3n) is 3.31. The van der Waals surface area contributed by atoms with E-state index in [0.29, 0.717) is 21.4 Å². The zero-order chi connectivity index (χ0) is 16.4. The molecule has 4 N–H and O–H groups in total. The maximum atomic E-state index is 12.2. The molecule has 1 amide bonds. The van der Waals surface area contributed by atoms with Crippen LogP contribution in [0.2, 0.25) is 10.0 Å². The number of H-pyrrole nitrogens is 1. The van der Waals surface area contributed by atoms with E-state index < -0.39 is 5.91 Å². The Labute approximate surface area is 142 Å². The van der Waals surface area contributed by atoms with Crippen molar-refractivity contribution in [3.8, 4) is 0 Å². The van der Waals surface area contributed by atoms with Gasteiger partial charge in [0.15, 0.2) is 0 Å². The van der Waals surface area contributed by atoms with Crippen molar-refractivity contribution in [2.75, 3.05) is 5.32 Å². The van der Waals surface area contributed by atoms with E-state index in [0.717, 1.165) is 10.9 Å². The molecule has 0 aliphatic heterocycles. The van der Waals surface area contributed by atoms with Gasteiger partial charge in [0, 0.05) is 20.9 Å².